The molecule has 1 aliphatic rings. The lowest BCUT2D eigenvalue weighted by Crippen LogP contribution is -2.35. The molecule has 0 bridgehead atoms. The van der Waals surface area contributed by atoms with Crippen LogP contribution < -0.4 is 16.8 Å². The fraction of sp³-hybridized carbons (Fsp3) is 0.583. The van der Waals surface area contributed by atoms with E-state index in [1.54, 1.807) is 6.20 Å². The van der Waals surface area contributed by atoms with Crippen molar-refractivity contribution in [2.45, 2.75) is 26.7 Å². The second kappa shape index (κ2) is 6.18. The molecular formula is C12H21N5O. The highest BCUT2D eigenvalue weighted by Crippen LogP contribution is 2.23. The molecule has 1 rings (SSSR count). The minimum Gasteiger partial charge on any atom is -0.400 e. The Morgan fingerprint density at radius 3 is 2.83 bits per heavy atom. The van der Waals surface area contributed by atoms with Crippen molar-refractivity contribution in [3.05, 3.63) is 11.9 Å². The predicted octanol–water partition coefficient (Wildman–Crippen LogP) is 0.346. The predicted molar refractivity (Wildman–Crippen MR) is 72.2 cm³/mol. The van der Waals surface area contributed by atoms with Crippen LogP contribution in [0.4, 0.5) is 0 Å². The zero-order chi connectivity index (χ0) is 13.7. The van der Waals surface area contributed by atoms with Gasteiger partial charge in [0.1, 0.15) is 0 Å². The quantitative estimate of drug-likeness (QED) is 0.320. The number of nitrogens with one attached hydrogen (secondary N) is 2. The number of guanidine groups is 1. The van der Waals surface area contributed by atoms with Gasteiger partial charge < -0.3 is 16.8 Å². The van der Waals surface area contributed by atoms with Crippen molar-refractivity contribution in [1.29, 1.82) is 5.41 Å². The van der Waals surface area contributed by atoms with Gasteiger partial charge in [-0.25, -0.2) is 0 Å². The number of carbonyl (C=O) groups excluding carboxylic acids is 1. The molecule has 0 spiro atoms. The second-order valence-electron chi connectivity index (χ2n) is 4.73. The summed E-state index contributed by atoms with van der Waals surface area (Å²) in [4.78, 5) is 16.3. The summed E-state index contributed by atoms with van der Waals surface area (Å²) in [7, 11) is 0. The molecule has 6 heteroatoms. The molecule has 6 N–H and O–H groups in total. The van der Waals surface area contributed by atoms with Crippen molar-refractivity contribution in [3.63, 3.8) is 0 Å². The van der Waals surface area contributed by atoms with Crippen molar-refractivity contribution >= 4 is 17.5 Å². The summed E-state index contributed by atoms with van der Waals surface area (Å²) in [6.07, 6.45) is 2.87. The maximum Gasteiger partial charge on any atom is 0.186 e. The molecule has 0 amide bonds. The van der Waals surface area contributed by atoms with E-state index in [0.717, 1.165) is 0 Å². The first kappa shape index (κ1) is 14.2. The van der Waals surface area contributed by atoms with Crippen LogP contribution in [0.15, 0.2) is 16.9 Å². The van der Waals surface area contributed by atoms with Crippen LogP contribution in [-0.4, -0.2) is 24.0 Å². The monoisotopic (exact) mass is 251 g/mol. The average molecular weight is 251 g/mol. The summed E-state index contributed by atoms with van der Waals surface area (Å²) in [5, 5.41) is 9.71. The molecular weight excluding hydrogens is 230 g/mol. The third-order valence-corrected chi connectivity index (χ3v) is 2.87. The third kappa shape index (κ3) is 3.58. The van der Waals surface area contributed by atoms with Gasteiger partial charge in [0.25, 0.3) is 0 Å². The zero-order valence-electron chi connectivity index (χ0n) is 10.9. The summed E-state index contributed by atoms with van der Waals surface area (Å²) < 4.78 is 0. The van der Waals surface area contributed by atoms with E-state index in [0.29, 0.717) is 30.8 Å². The van der Waals surface area contributed by atoms with Gasteiger partial charge in [-0.3, -0.25) is 15.2 Å². The van der Waals surface area contributed by atoms with Crippen LogP contribution in [-0.2, 0) is 4.79 Å². The second-order valence-corrected chi connectivity index (χ2v) is 4.73. The third-order valence-electron chi connectivity index (χ3n) is 2.87. The molecule has 1 heterocycles. The number of nitrogens with two attached hydrogens (primary N) is 2. The van der Waals surface area contributed by atoms with Crippen molar-refractivity contribution in [3.8, 4) is 0 Å². The summed E-state index contributed by atoms with van der Waals surface area (Å²) in [5.41, 5.74) is 12.1. The Labute approximate surface area is 107 Å². The Balaban J connectivity index is 2.56. The van der Waals surface area contributed by atoms with Gasteiger partial charge in [-0.1, -0.05) is 13.8 Å². The Morgan fingerprint density at radius 1 is 1.61 bits per heavy atom. The normalized spacial score (nSPS) is 19.5. The van der Waals surface area contributed by atoms with Crippen LogP contribution in [0.3, 0.4) is 0 Å². The highest BCUT2D eigenvalue weighted by atomic mass is 16.1. The Kier molecular flexibility index (Phi) is 4.88. The Hall–Kier alpha value is -1.85. The standard InChI is InChI=1S/C12H21N5O/c1-7(2)10-8(13)6-17-9(11(10)18)4-3-5-16-12(14)15/h6-7,10H,3-5,13H2,1-2H3,(H4,14,15,16)/t10-/m0/s1. The van der Waals surface area contributed by atoms with Crippen LogP contribution in [0.1, 0.15) is 26.7 Å². The van der Waals surface area contributed by atoms with Crippen LogP contribution in [0, 0.1) is 17.2 Å². The molecule has 0 fully saturated rings. The van der Waals surface area contributed by atoms with Gasteiger partial charge in [-0.05, 0) is 18.8 Å². The van der Waals surface area contributed by atoms with Gasteiger partial charge in [-0.15, -0.1) is 0 Å². The van der Waals surface area contributed by atoms with Crippen molar-refractivity contribution < 1.29 is 4.79 Å². The molecule has 1 atom stereocenters. The molecule has 0 unspecified atom stereocenters. The molecule has 0 saturated carbocycles. The summed E-state index contributed by atoms with van der Waals surface area (Å²) in [5.74, 6) is -0.114. The van der Waals surface area contributed by atoms with E-state index >= 15 is 0 Å². The first-order valence-corrected chi connectivity index (χ1v) is 6.07. The number of ketones is 1. The fourth-order valence-corrected chi connectivity index (χ4v) is 1.98. The molecule has 18 heavy (non-hydrogen) atoms. The molecule has 1 aliphatic heterocycles. The van der Waals surface area contributed by atoms with E-state index in [2.05, 4.69) is 10.3 Å². The molecule has 0 aliphatic carbocycles. The number of aliphatic imine (C=N–C) groups is 1. The minimum absolute atomic E-state index is 0.0211. The molecule has 0 aromatic rings. The van der Waals surface area contributed by atoms with Gasteiger partial charge in [0.15, 0.2) is 11.7 Å². The zero-order valence-corrected chi connectivity index (χ0v) is 10.9. The number of hydrogen-bond donors (Lipinski definition) is 4. The summed E-state index contributed by atoms with van der Waals surface area (Å²) >= 11 is 0. The molecule has 0 saturated heterocycles. The summed E-state index contributed by atoms with van der Waals surface area (Å²) in [6, 6.07) is 0. The Bertz CT molecular complexity index is 397. The number of rotatable bonds is 5. The molecule has 100 valence electrons. The SMILES string of the molecule is CC(C)[C@@H]1C(=O)C(CCCNC(=N)N)=NC=C1N. The van der Waals surface area contributed by atoms with Gasteiger partial charge in [-0.2, -0.15) is 0 Å². The van der Waals surface area contributed by atoms with Crippen LogP contribution in [0.25, 0.3) is 0 Å². The largest absolute Gasteiger partial charge is 0.400 e. The van der Waals surface area contributed by atoms with E-state index in [-0.39, 0.29) is 23.6 Å². The first-order valence-electron chi connectivity index (χ1n) is 6.07. The van der Waals surface area contributed by atoms with Gasteiger partial charge >= 0.3 is 0 Å². The molecule has 0 radical (unpaired) electrons. The van der Waals surface area contributed by atoms with Crippen molar-refractivity contribution in [2.24, 2.45) is 28.3 Å². The lowest BCUT2D eigenvalue weighted by atomic mass is 9.84. The van der Waals surface area contributed by atoms with E-state index in [1.165, 1.54) is 0 Å². The lowest BCUT2D eigenvalue weighted by molar-refractivity contribution is -0.116. The summed E-state index contributed by atoms with van der Waals surface area (Å²) in [6.45, 7) is 4.51. The topological polar surface area (TPSA) is 117 Å². The number of Topliss-reactive ketones (excluding diaryl/α,β-unsaturated/α-hetero) is 1. The number of nitrogens with zero attached hydrogens (tertiary/aromatic N) is 1. The van der Waals surface area contributed by atoms with Crippen LogP contribution >= 0.6 is 0 Å². The maximum atomic E-state index is 12.2. The lowest BCUT2D eigenvalue weighted by Gasteiger charge is -2.23. The van der Waals surface area contributed by atoms with Crippen LogP contribution in [0.2, 0.25) is 0 Å². The highest BCUT2D eigenvalue weighted by Gasteiger charge is 2.30. The van der Waals surface area contributed by atoms with Crippen LogP contribution in [0.5, 0.6) is 0 Å². The van der Waals surface area contributed by atoms with E-state index in [9.17, 15) is 4.79 Å². The average Bonchev–Trinajstić information content (AvgIpc) is 2.26. The Morgan fingerprint density at radius 2 is 2.28 bits per heavy atom. The van der Waals surface area contributed by atoms with Gasteiger partial charge in [0.2, 0.25) is 0 Å². The van der Waals surface area contributed by atoms with Crippen molar-refractivity contribution in [1.82, 2.24) is 5.32 Å². The van der Waals surface area contributed by atoms with E-state index < -0.39 is 0 Å². The van der Waals surface area contributed by atoms with Gasteiger partial charge in [0, 0.05) is 18.4 Å². The molecule has 6 nitrogen and oxygen atoms in total. The van der Waals surface area contributed by atoms with Crippen molar-refractivity contribution in [2.75, 3.05) is 6.54 Å². The van der Waals surface area contributed by atoms with E-state index in [1.807, 2.05) is 13.8 Å². The molecule has 0 aromatic heterocycles. The minimum atomic E-state index is -0.252. The smallest absolute Gasteiger partial charge is 0.186 e. The number of hydrogen-bond acceptors (Lipinski definition) is 4. The van der Waals surface area contributed by atoms with Gasteiger partial charge in [0.05, 0.1) is 11.6 Å². The number of allylic oxidation sites excluding steroid dienone is 1. The maximum absolute atomic E-state index is 12.2. The fourth-order valence-electron chi connectivity index (χ4n) is 1.98. The molecule has 0 aromatic carbocycles. The highest BCUT2D eigenvalue weighted by molar-refractivity contribution is 6.41. The number of carbonyl (C=O) groups is 1. The van der Waals surface area contributed by atoms with E-state index in [4.69, 9.17) is 16.9 Å². The first-order chi connectivity index (χ1) is 8.43.